The summed E-state index contributed by atoms with van der Waals surface area (Å²) >= 11 is 0. The topological polar surface area (TPSA) is 111 Å². The molecule has 2 rings (SSSR count). The number of carbonyl (C=O) groups excluding carboxylic acids is 1. The van der Waals surface area contributed by atoms with E-state index in [4.69, 9.17) is 9.84 Å². The summed E-state index contributed by atoms with van der Waals surface area (Å²) in [6.45, 7) is 2.20. The Balaban J connectivity index is 1.80. The Bertz CT molecular complexity index is 371. The van der Waals surface area contributed by atoms with Crippen molar-refractivity contribution in [3.8, 4) is 0 Å². The van der Waals surface area contributed by atoms with Crippen LogP contribution in [0.3, 0.4) is 0 Å². The SMILES string of the molecule is CC1(OCC(=O)O)CN(C(=O)N2CC(O)C(O)C2)C1. The molecule has 2 aliphatic heterocycles. The Morgan fingerprint density at radius 1 is 1.21 bits per heavy atom. The first-order valence-electron chi connectivity index (χ1n) is 6.06. The highest BCUT2D eigenvalue weighted by Crippen LogP contribution is 2.26. The van der Waals surface area contributed by atoms with E-state index in [-0.39, 0.29) is 25.7 Å². The van der Waals surface area contributed by atoms with E-state index in [1.807, 2.05) is 0 Å². The second kappa shape index (κ2) is 4.95. The van der Waals surface area contributed by atoms with Crippen LogP contribution in [0, 0.1) is 0 Å². The van der Waals surface area contributed by atoms with Crippen molar-refractivity contribution in [2.75, 3.05) is 32.8 Å². The van der Waals surface area contributed by atoms with Crippen molar-refractivity contribution in [3.63, 3.8) is 0 Å². The molecule has 0 aliphatic carbocycles. The number of ether oxygens (including phenoxy) is 1. The zero-order valence-electron chi connectivity index (χ0n) is 10.7. The Hall–Kier alpha value is -1.38. The average Bonchev–Trinajstić information content (AvgIpc) is 2.62. The molecule has 3 N–H and O–H groups in total. The van der Waals surface area contributed by atoms with E-state index in [1.165, 1.54) is 9.80 Å². The first-order chi connectivity index (χ1) is 8.81. The molecular formula is C11H18N2O6. The molecule has 2 aliphatic rings. The van der Waals surface area contributed by atoms with E-state index in [2.05, 4.69) is 0 Å². The highest BCUT2D eigenvalue weighted by molar-refractivity contribution is 5.76. The number of aliphatic hydroxyl groups is 2. The number of aliphatic hydroxyl groups excluding tert-OH is 2. The molecule has 2 fully saturated rings. The van der Waals surface area contributed by atoms with E-state index >= 15 is 0 Å². The molecule has 0 aromatic carbocycles. The van der Waals surface area contributed by atoms with Crippen molar-refractivity contribution in [1.82, 2.24) is 9.80 Å². The third-order valence-corrected chi connectivity index (χ3v) is 3.39. The number of β-amino-alcohol motifs (C(OH)–C–C–N with tert-alkyl or cyclic N) is 2. The van der Waals surface area contributed by atoms with Crippen LogP contribution in [0.5, 0.6) is 0 Å². The fraction of sp³-hybridized carbons (Fsp3) is 0.818. The second-order valence-electron chi connectivity index (χ2n) is 5.31. The molecule has 0 aromatic rings. The molecule has 0 radical (unpaired) electrons. The molecule has 8 heteroatoms. The lowest BCUT2D eigenvalue weighted by Crippen LogP contribution is -2.65. The lowest BCUT2D eigenvalue weighted by atomic mass is 9.97. The summed E-state index contributed by atoms with van der Waals surface area (Å²) in [5, 5.41) is 27.3. The van der Waals surface area contributed by atoms with Gasteiger partial charge in [-0.05, 0) is 6.92 Å². The predicted octanol–water partition coefficient (Wildman–Crippen LogP) is -1.68. The van der Waals surface area contributed by atoms with Gasteiger partial charge in [-0.1, -0.05) is 0 Å². The number of carboxylic acid groups (broad SMARTS) is 1. The van der Waals surface area contributed by atoms with E-state index in [9.17, 15) is 19.8 Å². The van der Waals surface area contributed by atoms with Gasteiger partial charge in [-0.3, -0.25) is 0 Å². The number of likely N-dealkylation sites (tertiary alicyclic amines) is 2. The molecule has 108 valence electrons. The van der Waals surface area contributed by atoms with Crippen LogP contribution in [0.2, 0.25) is 0 Å². The summed E-state index contributed by atoms with van der Waals surface area (Å²) in [5.74, 6) is -1.04. The van der Waals surface area contributed by atoms with Gasteiger partial charge in [0.1, 0.15) is 12.2 Å². The third-order valence-electron chi connectivity index (χ3n) is 3.39. The average molecular weight is 274 g/mol. The van der Waals surface area contributed by atoms with Crippen LogP contribution < -0.4 is 0 Å². The highest BCUT2D eigenvalue weighted by atomic mass is 16.5. The first kappa shape index (κ1) is 14.0. The number of rotatable bonds is 3. The number of aliphatic carboxylic acids is 1. The Labute approximate surface area is 110 Å². The van der Waals surface area contributed by atoms with Crippen molar-refractivity contribution in [2.45, 2.75) is 24.7 Å². The van der Waals surface area contributed by atoms with Gasteiger partial charge < -0.3 is 29.9 Å². The summed E-state index contributed by atoms with van der Waals surface area (Å²) < 4.78 is 5.20. The maximum atomic E-state index is 12.0. The van der Waals surface area contributed by atoms with Crippen LogP contribution in [0.15, 0.2) is 0 Å². The molecule has 2 saturated heterocycles. The van der Waals surface area contributed by atoms with Crippen molar-refractivity contribution >= 4 is 12.0 Å². The molecule has 0 aromatic heterocycles. The van der Waals surface area contributed by atoms with Crippen LogP contribution >= 0.6 is 0 Å². The minimum atomic E-state index is -1.04. The molecule has 0 bridgehead atoms. The van der Waals surface area contributed by atoms with Gasteiger partial charge in [0.15, 0.2) is 0 Å². The Morgan fingerprint density at radius 3 is 2.21 bits per heavy atom. The monoisotopic (exact) mass is 274 g/mol. The van der Waals surface area contributed by atoms with Gasteiger partial charge in [-0.25, -0.2) is 9.59 Å². The summed E-state index contributed by atoms with van der Waals surface area (Å²) in [4.78, 5) is 25.3. The standard InChI is InChI=1S/C11H18N2O6/c1-11(19-4-9(16)17)5-13(6-11)10(18)12-2-7(14)8(15)3-12/h7-8,14-15H,2-6H2,1H3,(H,16,17). The molecular weight excluding hydrogens is 256 g/mol. The largest absolute Gasteiger partial charge is 0.480 e. The van der Waals surface area contributed by atoms with Crippen molar-refractivity contribution in [3.05, 3.63) is 0 Å². The number of carbonyl (C=O) groups is 2. The molecule has 8 nitrogen and oxygen atoms in total. The number of hydrogen-bond donors (Lipinski definition) is 3. The fourth-order valence-corrected chi connectivity index (χ4v) is 2.35. The lowest BCUT2D eigenvalue weighted by molar-refractivity contribution is -0.160. The van der Waals surface area contributed by atoms with Crippen molar-refractivity contribution in [2.24, 2.45) is 0 Å². The van der Waals surface area contributed by atoms with E-state index in [0.717, 1.165) is 0 Å². The van der Waals surface area contributed by atoms with Gasteiger partial charge in [-0.15, -0.1) is 0 Å². The van der Waals surface area contributed by atoms with Crippen molar-refractivity contribution < 1.29 is 29.6 Å². The van der Waals surface area contributed by atoms with Gasteiger partial charge >= 0.3 is 12.0 Å². The number of carboxylic acids is 1. The Morgan fingerprint density at radius 2 is 1.74 bits per heavy atom. The molecule has 2 heterocycles. The van der Waals surface area contributed by atoms with E-state index < -0.39 is 23.8 Å². The maximum Gasteiger partial charge on any atom is 0.329 e. The van der Waals surface area contributed by atoms with Crippen LogP contribution in [0.1, 0.15) is 6.92 Å². The third kappa shape index (κ3) is 2.96. The summed E-state index contributed by atoms with van der Waals surface area (Å²) in [7, 11) is 0. The number of urea groups is 1. The van der Waals surface area contributed by atoms with Crippen LogP contribution in [0.4, 0.5) is 4.79 Å². The van der Waals surface area contributed by atoms with Gasteiger partial charge in [0.05, 0.1) is 38.4 Å². The molecule has 19 heavy (non-hydrogen) atoms. The second-order valence-corrected chi connectivity index (χ2v) is 5.31. The van der Waals surface area contributed by atoms with E-state index in [0.29, 0.717) is 13.1 Å². The smallest absolute Gasteiger partial charge is 0.329 e. The van der Waals surface area contributed by atoms with Crippen LogP contribution in [-0.4, -0.2) is 87.7 Å². The number of nitrogens with zero attached hydrogens (tertiary/aromatic N) is 2. The number of hydrogen-bond acceptors (Lipinski definition) is 5. The van der Waals surface area contributed by atoms with Crippen molar-refractivity contribution in [1.29, 1.82) is 0 Å². The molecule has 0 saturated carbocycles. The number of amides is 2. The summed E-state index contributed by atoms with van der Waals surface area (Å²) in [6, 6.07) is -0.271. The maximum absolute atomic E-state index is 12.0. The van der Waals surface area contributed by atoms with Gasteiger partial charge in [-0.2, -0.15) is 0 Å². The summed E-state index contributed by atoms with van der Waals surface area (Å²) in [5.41, 5.74) is -0.634. The molecule has 0 spiro atoms. The summed E-state index contributed by atoms with van der Waals surface area (Å²) in [6.07, 6.45) is -1.81. The van der Waals surface area contributed by atoms with E-state index in [1.54, 1.807) is 6.92 Å². The minimum absolute atomic E-state index is 0.114. The Kier molecular flexibility index (Phi) is 3.66. The minimum Gasteiger partial charge on any atom is -0.480 e. The molecule has 2 atom stereocenters. The van der Waals surface area contributed by atoms with Gasteiger partial charge in [0.2, 0.25) is 0 Å². The lowest BCUT2D eigenvalue weighted by Gasteiger charge is -2.48. The highest BCUT2D eigenvalue weighted by Gasteiger charge is 2.45. The quantitative estimate of drug-likeness (QED) is 0.567. The van der Waals surface area contributed by atoms with Crippen LogP contribution in [-0.2, 0) is 9.53 Å². The normalized spacial score (nSPS) is 29.2. The fourth-order valence-electron chi connectivity index (χ4n) is 2.35. The predicted molar refractivity (Wildman–Crippen MR) is 62.5 cm³/mol. The van der Waals surface area contributed by atoms with Crippen LogP contribution in [0.25, 0.3) is 0 Å². The zero-order chi connectivity index (χ0) is 14.2. The molecule has 2 amide bonds. The van der Waals surface area contributed by atoms with Gasteiger partial charge in [0.25, 0.3) is 0 Å². The van der Waals surface area contributed by atoms with Gasteiger partial charge in [0, 0.05) is 0 Å². The zero-order valence-corrected chi connectivity index (χ0v) is 10.7. The molecule has 2 unspecified atom stereocenters. The first-order valence-corrected chi connectivity index (χ1v) is 6.06.